The summed E-state index contributed by atoms with van der Waals surface area (Å²) < 4.78 is 5.99. The molecule has 1 fully saturated rings. The van der Waals surface area contributed by atoms with Crippen LogP contribution in [0.2, 0.25) is 0 Å². The van der Waals surface area contributed by atoms with Gasteiger partial charge >= 0.3 is 5.97 Å². The van der Waals surface area contributed by atoms with Crippen LogP contribution in [0.1, 0.15) is 79.4 Å². The maximum Gasteiger partial charge on any atom is 0.335 e. The molecule has 1 aliphatic carbocycles. The van der Waals surface area contributed by atoms with E-state index in [1.165, 1.54) is 0 Å². The molecule has 0 bridgehead atoms. The van der Waals surface area contributed by atoms with E-state index in [0.29, 0.717) is 19.6 Å². The summed E-state index contributed by atoms with van der Waals surface area (Å²) in [7, 11) is 0. The van der Waals surface area contributed by atoms with E-state index < -0.39 is 12.1 Å². The van der Waals surface area contributed by atoms with Gasteiger partial charge in [-0.25, -0.2) is 4.79 Å². The van der Waals surface area contributed by atoms with E-state index in [-0.39, 0.29) is 33.6 Å². The van der Waals surface area contributed by atoms with Crippen molar-refractivity contribution in [2.45, 2.75) is 81.3 Å². The summed E-state index contributed by atoms with van der Waals surface area (Å²) in [5, 5.41) is 19.7. The van der Waals surface area contributed by atoms with E-state index in [0.717, 1.165) is 36.0 Å². The molecule has 1 aliphatic rings. The van der Waals surface area contributed by atoms with Crippen LogP contribution in [0.15, 0.2) is 48.5 Å². The number of hydrogen-bond donors (Lipinski definition) is 2. The lowest BCUT2D eigenvalue weighted by Crippen LogP contribution is -2.33. The maximum absolute atomic E-state index is 11.2. The Morgan fingerprint density at radius 3 is 2.50 bits per heavy atom. The van der Waals surface area contributed by atoms with Crippen molar-refractivity contribution in [3.8, 4) is 0 Å². The number of ether oxygens (including phenoxy) is 1. The zero-order chi connectivity index (χ0) is 24.9. The first-order valence-electron chi connectivity index (χ1n) is 12.1. The van der Waals surface area contributed by atoms with E-state index in [9.17, 15) is 15.0 Å². The molecule has 5 unspecified atom stereocenters. The van der Waals surface area contributed by atoms with Crippen LogP contribution in [0.3, 0.4) is 0 Å². The van der Waals surface area contributed by atoms with Crippen molar-refractivity contribution in [1.29, 1.82) is 0 Å². The minimum atomic E-state index is -0.951. The molecule has 2 N–H and O–H groups in total. The summed E-state index contributed by atoms with van der Waals surface area (Å²) in [6, 6.07) is 15.2. The lowest BCUT2D eigenvalue weighted by atomic mass is 9.76. The number of benzene rings is 2. The van der Waals surface area contributed by atoms with E-state index in [4.69, 9.17) is 27.9 Å². The van der Waals surface area contributed by atoms with Gasteiger partial charge in [0.15, 0.2) is 0 Å². The first kappa shape index (κ1) is 27.0. The quantitative estimate of drug-likeness (QED) is 0.330. The highest BCUT2D eigenvalue weighted by Gasteiger charge is 2.42. The summed E-state index contributed by atoms with van der Waals surface area (Å²) in [4.78, 5) is 11.2. The van der Waals surface area contributed by atoms with Crippen LogP contribution in [0.4, 0.5) is 0 Å². The average Bonchev–Trinajstić information content (AvgIpc) is 3.10. The molecule has 0 saturated heterocycles. The van der Waals surface area contributed by atoms with Crippen molar-refractivity contribution in [2.75, 3.05) is 6.61 Å². The fraction of sp³-hybridized carbons (Fsp3) is 0.536. The highest BCUT2D eigenvalue weighted by Crippen LogP contribution is 2.46. The van der Waals surface area contributed by atoms with Gasteiger partial charge < -0.3 is 14.9 Å². The fourth-order valence-corrected chi connectivity index (χ4v) is 5.92. The van der Waals surface area contributed by atoms with Gasteiger partial charge in [-0.2, -0.15) is 0 Å². The SMILES string of the molecule is CCCCC(O)C(C)(C)c1ccc(C2C(Cl)CC(Cl)C2COCc2cccc(C(=O)O)c2)cc1. The molecule has 186 valence electrons. The van der Waals surface area contributed by atoms with Gasteiger partial charge in [0.1, 0.15) is 0 Å². The van der Waals surface area contributed by atoms with Crippen molar-refractivity contribution in [1.82, 2.24) is 0 Å². The fourth-order valence-electron chi connectivity index (χ4n) is 4.89. The molecule has 1 saturated carbocycles. The third-order valence-corrected chi connectivity index (χ3v) is 8.17. The number of alkyl halides is 2. The van der Waals surface area contributed by atoms with Gasteiger partial charge in [0.25, 0.3) is 0 Å². The molecule has 0 spiro atoms. The first-order chi connectivity index (χ1) is 16.1. The van der Waals surface area contributed by atoms with Crippen LogP contribution in [-0.2, 0) is 16.8 Å². The zero-order valence-electron chi connectivity index (χ0n) is 20.2. The molecule has 0 amide bonds. The predicted molar refractivity (Wildman–Crippen MR) is 138 cm³/mol. The summed E-state index contributed by atoms with van der Waals surface area (Å²) in [5.74, 6) is -0.828. The van der Waals surface area contributed by atoms with Crippen LogP contribution in [0.5, 0.6) is 0 Å². The van der Waals surface area contributed by atoms with E-state index in [1.807, 2.05) is 6.07 Å². The highest BCUT2D eigenvalue weighted by molar-refractivity contribution is 6.25. The standard InChI is InChI=1S/C28H36Cl2O4/c1-4-5-9-25(31)28(2,3)21-12-10-19(11-13-21)26-22(23(29)15-24(26)30)17-34-16-18-7-6-8-20(14-18)27(32)33/h6-8,10-14,22-26,31H,4-5,9,15-17H2,1-3H3,(H,32,33). The number of carbonyl (C=O) groups is 1. The van der Waals surface area contributed by atoms with Crippen molar-refractivity contribution in [3.63, 3.8) is 0 Å². The number of carboxylic acid groups (broad SMARTS) is 1. The molecule has 5 atom stereocenters. The van der Waals surface area contributed by atoms with E-state index in [2.05, 4.69) is 45.0 Å². The molecule has 0 radical (unpaired) electrons. The number of aromatic carboxylic acids is 1. The topological polar surface area (TPSA) is 66.8 Å². The van der Waals surface area contributed by atoms with Crippen LogP contribution in [0.25, 0.3) is 0 Å². The summed E-state index contributed by atoms with van der Waals surface area (Å²) >= 11 is 13.4. The summed E-state index contributed by atoms with van der Waals surface area (Å²) in [6.45, 7) is 7.09. The lowest BCUT2D eigenvalue weighted by Gasteiger charge is -2.32. The number of hydrogen-bond acceptors (Lipinski definition) is 3. The van der Waals surface area contributed by atoms with Gasteiger partial charge in [-0.05, 0) is 41.7 Å². The number of aliphatic hydroxyl groups is 1. The zero-order valence-corrected chi connectivity index (χ0v) is 21.7. The first-order valence-corrected chi connectivity index (χ1v) is 13.0. The molecule has 0 aliphatic heterocycles. The highest BCUT2D eigenvalue weighted by atomic mass is 35.5. The maximum atomic E-state index is 11.2. The summed E-state index contributed by atoms with van der Waals surface area (Å²) in [5.41, 5.74) is 2.98. The minimum absolute atomic E-state index is 0.0563. The molecule has 6 heteroatoms. The molecule has 0 aromatic heterocycles. The Hall–Kier alpha value is -1.59. The van der Waals surface area contributed by atoms with Crippen LogP contribution >= 0.6 is 23.2 Å². The lowest BCUT2D eigenvalue weighted by molar-refractivity contribution is 0.0695. The van der Waals surface area contributed by atoms with Gasteiger partial charge in [-0.15, -0.1) is 23.2 Å². The van der Waals surface area contributed by atoms with Crippen molar-refractivity contribution >= 4 is 29.2 Å². The smallest absolute Gasteiger partial charge is 0.335 e. The minimum Gasteiger partial charge on any atom is -0.478 e. The van der Waals surface area contributed by atoms with E-state index in [1.54, 1.807) is 18.2 Å². The number of carboxylic acids is 1. The van der Waals surface area contributed by atoms with Gasteiger partial charge in [-0.1, -0.05) is 70.0 Å². The molecule has 3 rings (SSSR count). The Bertz CT molecular complexity index is 944. The number of aliphatic hydroxyl groups excluding tert-OH is 1. The molecule has 0 heterocycles. The number of rotatable bonds is 11. The second kappa shape index (κ2) is 11.9. The second-order valence-electron chi connectivity index (χ2n) is 9.98. The van der Waals surface area contributed by atoms with Crippen LogP contribution < -0.4 is 0 Å². The Morgan fingerprint density at radius 1 is 1.15 bits per heavy atom. The predicted octanol–water partition coefficient (Wildman–Crippen LogP) is 6.75. The summed E-state index contributed by atoms with van der Waals surface area (Å²) in [6.07, 6.45) is 3.19. The molecular weight excluding hydrogens is 471 g/mol. The number of halogens is 2. The van der Waals surface area contributed by atoms with Crippen LogP contribution in [0, 0.1) is 5.92 Å². The van der Waals surface area contributed by atoms with Crippen molar-refractivity contribution in [3.05, 3.63) is 70.8 Å². The van der Waals surface area contributed by atoms with Gasteiger partial charge in [0.05, 0.1) is 24.9 Å². The van der Waals surface area contributed by atoms with Gasteiger partial charge in [0.2, 0.25) is 0 Å². The molecule has 2 aromatic rings. The van der Waals surface area contributed by atoms with Gasteiger partial charge in [-0.3, -0.25) is 0 Å². The Morgan fingerprint density at radius 2 is 1.85 bits per heavy atom. The molecule has 34 heavy (non-hydrogen) atoms. The Kier molecular flexibility index (Phi) is 9.45. The van der Waals surface area contributed by atoms with Crippen LogP contribution in [-0.4, -0.2) is 39.6 Å². The Balaban J connectivity index is 1.68. The molecule has 4 nitrogen and oxygen atoms in total. The number of unbranched alkanes of at least 4 members (excludes halogenated alkanes) is 1. The largest absolute Gasteiger partial charge is 0.478 e. The van der Waals surface area contributed by atoms with E-state index >= 15 is 0 Å². The monoisotopic (exact) mass is 506 g/mol. The average molecular weight is 507 g/mol. The normalized spacial score (nSPS) is 23.7. The second-order valence-corrected chi connectivity index (χ2v) is 11.1. The third kappa shape index (κ3) is 6.34. The van der Waals surface area contributed by atoms with Crippen molar-refractivity contribution < 1.29 is 19.7 Å². The molecule has 2 aromatic carbocycles. The Labute approximate surface area is 213 Å². The van der Waals surface area contributed by atoms with Crippen molar-refractivity contribution in [2.24, 2.45) is 5.92 Å². The molecular formula is C28H36Cl2O4. The van der Waals surface area contributed by atoms with Gasteiger partial charge in [0, 0.05) is 28.0 Å². The third-order valence-electron chi connectivity index (χ3n) is 7.22.